The highest BCUT2D eigenvalue weighted by molar-refractivity contribution is 6.39. The Kier molecular flexibility index (Phi) is 4.71. The summed E-state index contributed by atoms with van der Waals surface area (Å²) in [5.41, 5.74) is 1.74. The Hall–Kier alpha value is -4.04. The fraction of sp³-hybridized carbons (Fsp3) is 0.0870. The number of anilines is 1. The summed E-state index contributed by atoms with van der Waals surface area (Å²) in [6.07, 6.45) is 1.30. The molecule has 1 fully saturated rings. The minimum atomic E-state index is -0.856. The predicted octanol–water partition coefficient (Wildman–Crippen LogP) is 4.30. The van der Waals surface area contributed by atoms with Gasteiger partial charge in [0.1, 0.15) is 17.1 Å². The van der Waals surface area contributed by atoms with Crippen molar-refractivity contribution in [1.82, 2.24) is 5.32 Å². The molecule has 160 valence electrons. The van der Waals surface area contributed by atoms with Crippen LogP contribution in [-0.2, 0) is 9.59 Å². The van der Waals surface area contributed by atoms with E-state index in [0.29, 0.717) is 22.3 Å². The maximum Gasteiger partial charge on any atom is 0.335 e. The molecule has 1 aromatic heterocycles. The van der Waals surface area contributed by atoms with Gasteiger partial charge in [0.05, 0.1) is 5.69 Å². The number of barbiturate groups is 1. The van der Waals surface area contributed by atoms with Crippen LogP contribution in [0.4, 0.5) is 10.5 Å². The van der Waals surface area contributed by atoms with Crippen molar-refractivity contribution in [2.75, 3.05) is 11.7 Å². The molecule has 8 nitrogen and oxygen atoms in total. The third-order valence-corrected chi connectivity index (χ3v) is 5.33. The zero-order chi connectivity index (χ0) is 22.4. The Morgan fingerprint density at radius 2 is 1.81 bits per heavy atom. The summed E-state index contributed by atoms with van der Waals surface area (Å²) in [6.45, 7) is 1.97. The van der Waals surface area contributed by atoms with Gasteiger partial charge < -0.3 is 13.9 Å². The standard InChI is InChI=1S/C23H15ClN2O6/c1-12-2-3-13(24)8-16(12)18-7-5-15(32-18)10-17-21(27)25-23(29)26(22(17)28)14-4-6-19-20(9-14)31-11-30-19/h2-10H,11H2,1H3,(H,25,27,29)/b17-10+. The van der Waals surface area contributed by atoms with Crippen molar-refractivity contribution in [3.05, 3.63) is 70.5 Å². The molecular weight excluding hydrogens is 436 g/mol. The molecule has 5 rings (SSSR count). The molecule has 2 aliphatic rings. The molecule has 2 aliphatic heterocycles. The number of fused-ring (bicyclic) bond motifs is 1. The lowest BCUT2D eigenvalue weighted by Gasteiger charge is -2.26. The molecule has 2 aromatic carbocycles. The molecule has 32 heavy (non-hydrogen) atoms. The largest absolute Gasteiger partial charge is 0.457 e. The summed E-state index contributed by atoms with van der Waals surface area (Å²) in [5, 5.41) is 2.74. The van der Waals surface area contributed by atoms with Gasteiger partial charge >= 0.3 is 6.03 Å². The number of urea groups is 1. The molecule has 9 heteroatoms. The summed E-state index contributed by atoms with van der Waals surface area (Å²) in [6, 6.07) is 12.5. The average molecular weight is 451 g/mol. The molecule has 0 saturated carbocycles. The second-order valence-electron chi connectivity index (χ2n) is 7.16. The number of ether oxygens (including phenoxy) is 2. The van der Waals surface area contributed by atoms with E-state index in [9.17, 15) is 14.4 Å². The number of imide groups is 2. The lowest BCUT2D eigenvalue weighted by atomic mass is 10.1. The maximum atomic E-state index is 13.1. The first-order valence-electron chi connectivity index (χ1n) is 9.58. The maximum absolute atomic E-state index is 13.1. The van der Waals surface area contributed by atoms with Crippen LogP contribution in [0.15, 0.2) is 58.5 Å². The summed E-state index contributed by atoms with van der Waals surface area (Å²) in [4.78, 5) is 38.8. The van der Waals surface area contributed by atoms with Crippen LogP contribution in [0.1, 0.15) is 11.3 Å². The third kappa shape index (κ3) is 3.40. The second kappa shape index (κ2) is 7.58. The Labute approximate surface area is 187 Å². The van der Waals surface area contributed by atoms with Crippen molar-refractivity contribution >= 4 is 41.2 Å². The van der Waals surface area contributed by atoms with Crippen LogP contribution in [0.25, 0.3) is 17.4 Å². The van der Waals surface area contributed by atoms with Gasteiger partial charge in [0.15, 0.2) is 11.5 Å². The van der Waals surface area contributed by atoms with E-state index in [4.69, 9.17) is 25.5 Å². The number of amides is 4. The van der Waals surface area contributed by atoms with Crippen LogP contribution in [0, 0.1) is 6.92 Å². The molecule has 4 amide bonds. The normalized spacial score (nSPS) is 16.6. The Bertz CT molecular complexity index is 1330. The van der Waals surface area contributed by atoms with Crippen LogP contribution in [0.5, 0.6) is 11.5 Å². The van der Waals surface area contributed by atoms with E-state index < -0.39 is 17.8 Å². The molecule has 1 saturated heterocycles. The lowest BCUT2D eigenvalue weighted by Crippen LogP contribution is -2.54. The van der Waals surface area contributed by atoms with Gasteiger partial charge in [0, 0.05) is 16.7 Å². The highest BCUT2D eigenvalue weighted by Gasteiger charge is 2.37. The monoisotopic (exact) mass is 450 g/mol. The summed E-state index contributed by atoms with van der Waals surface area (Å²) >= 11 is 6.09. The van der Waals surface area contributed by atoms with Crippen molar-refractivity contribution in [1.29, 1.82) is 0 Å². The molecule has 0 spiro atoms. The van der Waals surface area contributed by atoms with Gasteiger partial charge in [0.2, 0.25) is 6.79 Å². The number of carbonyl (C=O) groups excluding carboxylic acids is 3. The van der Waals surface area contributed by atoms with Crippen LogP contribution in [0.2, 0.25) is 5.02 Å². The van der Waals surface area contributed by atoms with Gasteiger partial charge in [-0.3, -0.25) is 14.9 Å². The zero-order valence-corrected chi connectivity index (χ0v) is 17.4. The topological polar surface area (TPSA) is 98.1 Å². The van der Waals surface area contributed by atoms with Crippen molar-refractivity contribution in [2.45, 2.75) is 6.92 Å². The summed E-state index contributed by atoms with van der Waals surface area (Å²) in [5.74, 6) is 0.119. The van der Waals surface area contributed by atoms with Crippen molar-refractivity contribution in [3.63, 3.8) is 0 Å². The van der Waals surface area contributed by atoms with Gasteiger partial charge in [0.25, 0.3) is 11.8 Å². The minimum absolute atomic E-state index is 0.0511. The highest BCUT2D eigenvalue weighted by Crippen LogP contribution is 2.36. The van der Waals surface area contributed by atoms with E-state index >= 15 is 0 Å². The van der Waals surface area contributed by atoms with E-state index in [1.165, 1.54) is 18.2 Å². The second-order valence-corrected chi connectivity index (χ2v) is 7.59. The van der Waals surface area contributed by atoms with E-state index in [2.05, 4.69) is 5.32 Å². The van der Waals surface area contributed by atoms with Crippen LogP contribution >= 0.6 is 11.6 Å². The van der Waals surface area contributed by atoms with Crippen molar-refractivity contribution < 1.29 is 28.3 Å². The number of benzene rings is 2. The fourth-order valence-electron chi connectivity index (χ4n) is 3.49. The molecular formula is C23H15ClN2O6. The highest BCUT2D eigenvalue weighted by atomic mass is 35.5. The molecule has 3 aromatic rings. The van der Waals surface area contributed by atoms with E-state index in [0.717, 1.165) is 16.0 Å². The summed E-state index contributed by atoms with van der Waals surface area (Å²) < 4.78 is 16.4. The van der Waals surface area contributed by atoms with Gasteiger partial charge in [-0.2, -0.15) is 0 Å². The van der Waals surface area contributed by atoms with Crippen molar-refractivity contribution in [3.8, 4) is 22.8 Å². The van der Waals surface area contributed by atoms with Crippen LogP contribution < -0.4 is 19.7 Å². The average Bonchev–Trinajstić information content (AvgIpc) is 3.42. The van der Waals surface area contributed by atoms with E-state index in [1.54, 1.807) is 30.3 Å². The van der Waals surface area contributed by atoms with Crippen LogP contribution in [-0.4, -0.2) is 24.6 Å². The number of halogens is 1. The number of hydrogen-bond donors (Lipinski definition) is 1. The van der Waals surface area contributed by atoms with Gasteiger partial charge in [-0.25, -0.2) is 9.69 Å². The number of rotatable bonds is 3. The molecule has 1 N–H and O–H groups in total. The number of carbonyl (C=O) groups is 3. The van der Waals surface area contributed by atoms with Gasteiger partial charge in [-0.15, -0.1) is 0 Å². The van der Waals surface area contributed by atoms with Gasteiger partial charge in [-0.05, 0) is 55.0 Å². The Balaban J connectivity index is 1.48. The number of nitrogens with one attached hydrogen (secondary N) is 1. The Morgan fingerprint density at radius 1 is 1.00 bits per heavy atom. The number of furan rings is 1. The smallest absolute Gasteiger partial charge is 0.335 e. The zero-order valence-electron chi connectivity index (χ0n) is 16.7. The molecule has 0 atom stereocenters. The molecule has 0 radical (unpaired) electrons. The first-order valence-corrected chi connectivity index (χ1v) is 9.96. The summed E-state index contributed by atoms with van der Waals surface area (Å²) in [7, 11) is 0. The van der Waals surface area contributed by atoms with Gasteiger partial charge in [-0.1, -0.05) is 17.7 Å². The quantitative estimate of drug-likeness (QED) is 0.472. The molecule has 3 heterocycles. The van der Waals surface area contributed by atoms with E-state index in [-0.39, 0.29) is 23.8 Å². The Morgan fingerprint density at radius 3 is 2.66 bits per heavy atom. The first kappa shape index (κ1) is 19.9. The fourth-order valence-corrected chi connectivity index (χ4v) is 3.67. The van der Waals surface area contributed by atoms with E-state index in [1.807, 2.05) is 13.0 Å². The first-order chi connectivity index (χ1) is 15.4. The number of hydrogen-bond acceptors (Lipinski definition) is 6. The predicted molar refractivity (Wildman–Crippen MR) is 115 cm³/mol. The lowest BCUT2D eigenvalue weighted by molar-refractivity contribution is -0.122. The molecule has 0 aliphatic carbocycles. The minimum Gasteiger partial charge on any atom is -0.457 e. The molecule has 0 bridgehead atoms. The van der Waals surface area contributed by atoms with Crippen molar-refractivity contribution in [2.24, 2.45) is 0 Å². The third-order valence-electron chi connectivity index (χ3n) is 5.09. The number of aryl methyl sites for hydroxylation is 1. The number of nitrogens with zero attached hydrogens (tertiary/aromatic N) is 1. The SMILES string of the molecule is Cc1ccc(Cl)cc1-c1ccc(/C=C2\C(=O)NC(=O)N(c3ccc4c(c3)OCO4)C2=O)o1. The molecule has 0 unspecified atom stereocenters. The van der Waals surface area contributed by atoms with Crippen LogP contribution in [0.3, 0.4) is 0 Å².